The van der Waals surface area contributed by atoms with Gasteiger partial charge in [-0.05, 0) is 36.1 Å². The van der Waals surface area contributed by atoms with E-state index in [9.17, 15) is 14.7 Å². The molecule has 1 unspecified atom stereocenters. The third-order valence-corrected chi connectivity index (χ3v) is 5.87. The summed E-state index contributed by atoms with van der Waals surface area (Å²) >= 11 is 0. The highest BCUT2D eigenvalue weighted by Gasteiger charge is 2.50. The van der Waals surface area contributed by atoms with Crippen LogP contribution in [0.5, 0.6) is 0 Å². The molecule has 2 fully saturated rings. The van der Waals surface area contributed by atoms with Crippen LogP contribution in [-0.4, -0.2) is 84.8 Å². The van der Waals surface area contributed by atoms with Crippen LogP contribution in [0.4, 0.5) is 0 Å². The van der Waals surface area contributed by atoms with Gasteiger partial charge in [-0.3, -0.25) is 9.59 Å². The van der Waals surface area contributed by atoms with Gasteiger partial charge in [0, 0.05) is 51.9 Å². The molecular formula is C21H27N3O4. The van der Waals surface area contributed by atoms with Gasteiger partial charge >= 0.3 is 0 Å². The van der Waals surface area contributed by atoms with Crippen LogP contribution in [0.1, 0.15) is 28.8 Å². The number of carbonyl (C=O) groups excluding carboxylic acids is 2. The Kier molecular flexibility index (Phi) is 5.23. The van der Waals surface area contributed by atoms with Gasteiger partial charge in [-0.2, -0.15) is 0 Å². The SMILES string of the molecule is COC1CNCC=C1c1ccc(C(=O)N2CCN(C(=O)C3(O)CC3)CC2)cc1. The molecule has 0 spiro atoms. The molecule has 0 radical (unpaired) electrons. The zero-order valence-electron chi connectivity index (χ0n) is 16.2. The van der Waals surface area contributed by atoms with Gasteiger partial charge in [0.2, 0.25) is 0 Å². The first kappa shape index (κ1) is 19.1. The summed E-state index contributed by atoms with van der Waals surface area (Å²) in [6.07, 6.45) is 3.24. The van der Waals surface area contributed by atoms with Gasteiger partial charge in [-0.15, -0.1) is 0 Å². The van der Waals surface area contributed by atoms with E-state index in [1.807, 2.05) is 24.3 Å². The molecule has 0 aromatic heterocycles. The molecule has 1 aromatic rings. The van der Waals surface area contributed by atoms with Crippen molar-refractivity contribution in [2.45, 2.75) is 24.5 Å². The molecule has 1 saturated carbocycles. The van der Waals surface area contributed by atoms with Crippen LogP contribution in [0.15, 0.2) is 30.3 Å². The number of benzene rings is 1. The van der Waals surface area contributed by atoms with Crippen LogP contribution >= 0.6 is 0 Å². The maximum Gasteiger partial charge on any atom is 0.254 e. The van der Waals surface area contributed by atoms with E-state index >= 15 is 0 Å². The van der Waals surface area contributed by atoms with Crippen molar-refractivity contribution in [1.82, 2.24) is 15.1 Å². The maximum atomic E-state index is 12.8. The summed E-state index contributed by atoms with van der Waals surface area (Å²) < 4.78 is 5.53. The number of hydrogen-bond acceptors (Lipinski definition) is 5. The molecule has 1 aromatic carbocycles. The van der Waals surface area contributed by atoms with Crippen LogP contribution in [0.2, 0.25) is 0 Å². The van der Waals surface area contributed by atoms with Gasteiger partial charge in [-0.25, -0.2) is 0 Å². The van der Waals surface area contributed by atoms with Crippen molar-refractivity contribution in [2.75, 3.05) is 46.4 Å². The Morgan fingerprint density at radius 3 is 2.36 bits per heavy atom. The summed E-state index contributed by atoms with van der Waals surface area (Å²) in [7, 11) is 1.70. The van der Waals surface area contributed by atoms with Crippen molar-refractivity contribution in [3.8, 4) is 0 Å². The van der Waals surface area contributed by atoms with Crippen molar-refractivity contribution in [2.24, 2.45) is 0 Å². The molecule has 1 aliphatic carbocycles. The summed E-state index contributed by atoms with van der Waals surface area (Å²) in [4.78, 5) is 28.5. The second kappa shape index (κ2) is 7.66. The predicted molar refractivity (Wildman–Crippen MR) is 105 cm³/mol. The first-order chi connectivity index (χ1) is 13.5. The fraction of sp³-hybridized carbons (Fsp3) is 0.524. The molecule has 28 heavy (non-hydrogen) atoms. The van der Waals surface area contributed by atoms with Crippen LogP contribution < -0.4 is 5.32 Å². The summed E-state index contributed by atoms with van der Waals surface area (Å²) in [6.45, 7) is 3.52. The number of nitrogens with zero attached hydrogens (tertiary/aromatic N) is 2. The Morgan fingerprint density at radius 2 is 1.75 bits per heavy atom. The van der Waals surface area contributed by atoms with Gasteiger partial charge < -0.3 is 25.0 Å². The molecular weight excluding hydrogens is 358 g/mol. The van der Waals surface area contributed by atoms with E-state index in [-0.39, 0.29) is 17.9 Å². The molecule has 2 aliphatic heterocycles. The summed E-state index contributed by atoms with van der Waals surface area (Å²) in [5, 5.41) is 13.3. The number of nitrogens with one attached hydrogen (secondary N) is 1. The monoisotopic (exact) mass is 385 g/mol. The van der Waals surface area contributed by atoms with Gasteiger partial charge in [-0.1, -0.05) is 18.2 Å². The molecule has 2 heterocycles. The fourth-order valence-electron chi connectivity index (χ4n) is 3.88. The molecule has 7 heteroatoms. The average Bonchev–Trinajstić information content (AvgIpc) is 3.51. The zero-order valence-corrected chi connectivity index (χ0v) is 16.2. The van der Waals surface area contributed by atoms with E-state index in [2.05, 4.69) is 11.4 Å². The topological polar surface area (TPSA) is 82.1 Å². The van der Waals surface area contributed by atoms with E-state index in [4.69, 9.17) is 4.74 Å². The lowest BCUT2D eigenvalue weighted by Crippen LogP contribution is -2.53. The van der Waals surface area contributed by atoms with E-state index in [1.54, 1.807) is 16.9 Å². The Labute approximate surface area is 164 Å². The first-order valence-electron chi connectivity index (χ1n) is 9.87. The highest BCUT2D eigenvalue weighted by molar-refractivity contribution is 5.95. The van der Waals surface area contributed by atoms with Crippen molar-refractivity contribution in [1.29, 1.82) is 0 Å². The minimum Gasteiger partial charge on any atom is -0.380 e. The van der Waals surface area contributed by atoms with Crippen molar-refractivity contribution < 1.29 is 19.4 Å². The minimum atomic E-state index is -1.13. The summed E-state index contributed by atoms with van der Waals surface area (Å²) in [5.74, 6) is -0.210. The van der Waals surface area contributed by atoms with Gasteiger partial charge in [0.25, 0.3) is 11.8 Å². The van der Waals surface area contributed by atoms with E-state index < -0.39 is 5.60 Å². The van der Waals surface area contributed by atoms with Crippen molar-refractivity contribution in [3.05, 3.63) is 41.5 Å². The molecule has 2 amide bonds. The summed E-state index contributed by atoms with van der Waals surface area (Å²) in [6, 6.07) is 7.66. The molecule has 1 atom stereocenters. The highest BCUT2D eigenvalue weighted by atomic mass is 16.5. The second-order valence-corrected chi connectivity index (χ2v) is 7.74. The number of hydrogen-bond donors (Lipinski definition) is 2. The van der Waals surface area contributed by atoms with E-state index in [1.165, 1.54) is 0 Å². The quantitative estimate of drug-likeness (QED) is 0.789. The molecule has 0 bridgehead atoms. The standard InChI is InChI=1S/C21H27N3O4/c1-28-18-14-22-9-6-17(18)15-2-4-16(5-3-15)19(25)23-10-12-24(13-11-23)20(26)21(27)7-8-21/h2-6,18,22,27H,7-14H2,1H3. The number of ether oxygens (including phenoxy) is 1. The third-order valence-electron chi connectivity index (χ3n) is 5.87. The van der Waals surface area contributed by atoms with Gasteiger partial charge in [0.05, 0.1) is 6.10 Å². The van der Waals surface area contributed by atoms with E-state index in [0.717, 1.165) is 24.2 Å². The smallest absolute Gasteiger partial charge is 0.254 e. The maximum absolute atomic E-state index is 12.8. The van der Waals surface area contributed by atoms with Gasteiger partial charge in [0.15, 0.2) is 0 Å². The minimum absolute atomic E-state index is 0.0159. The van der Waals surface area contributed by atoms with E-state index in [0.29, 0.717) is 44.6 Å². The second-order valence-electron chi connectivity index (χ2n) is 7.74. The Hall–Kier alpha value is -2.22. The number of methoxy groups -OCH3 is 1. The Balaban J connectivity index is 1.38. The van der Waals surface area contributed by atoms with Crippen LogP contribution in [0, 0.1) is 0 Å². The summed E-state index contributed by atoms with van der Waals surface area (Å²) in [5.41, 5.74) is 1.72. The molecule has 3 aliphatic rings. The molecule has 4 rings (SSSR count). The normalized spacial score (nSPS) is 23.9. The lowest BCUT2D eigenvalue weighted by molar-refractivity contribution is -0.143. The number of amides is 2. The number of rotatable bonds is 4. The lowest BCUT2D eigenvalue weighted by Gasteiger charge is -2.35. The number of aliphatic hydroxyl groups is 1. The third kappa shape index (κ3) is 3.70. The molecule has 2 N–H and O–H groups in total. The fourth-order valence-corrected chi connectivity index (χ4v) is 3.88. The first-order valence-corrected chi connectivity index (χ1v) is 9.87. The zero-order chi connectivity index (χ0) is 19.7. The molecule has 7 nitrogen and oxygen atoms in total. The number of carbonyl (C=O) groups is 2. The van der Waals surface area contributed by atoms with Crippen molar-refractivity contribution >= 4 is 17.4 Å². The Bertz CT molecular complexity index is 777. The lowest BCUT2D eigenvalue weighted by atomic mass is 9.96. The van der Waals surface area contributed by atoms with Crippen LogP contribution in [-0.2, 0) is 9.53 Å². The largest absolute Gasteiger partial charge is 0.380 e. The van der Waals surface area contributed by atoms with Crippen LogP contribution in [0.25, 0.3) is 5.57 Å². The predicted octanol–water partition coefficient (Wildman–Crippen LogP) is 0.498. The highest BCUT2D eigenvalue weighted by Crippen LogP contribution is 2.37. The average molecular weight is 385 g/mol. The molecule has 150 valence electrons. The number of piperazine rings is 1. The van der Waals surface area contributed by atoms with Crippen molar-refractivity contribution in [3.63, 3.8) is 0 Å². The van der Waals surface area contributed by atoms with Crippen LogP contribution in [0.3, 0.4) is 0 Å². The van der Waals surface area contributed by atoms with Gasteiger partial charge in [0.1, 0.15) is 5.60 Å². The Morgan fingerprint density at radius 1 is 1.11 bits per heavy atom. The molecule has 1 saturated heterocycles.